The number of para-hydroxylation sites is 1. The summed E-state index contributed by atoms with van der Waals surface area (Å²) in [5.74, 6) is -0.492. The van der Waals surface area contributed by atoms with Crippen LogP contribution in [0.1, 0.15) is 5.56 Å². The Morgan fingerprint density at radius 3 is 2.59 bits per heavy atom. The molecule has 2 heterocycles. The van der Waals surface area contributed by atoms with Gasteiger partial charge in [0.15, 0.2) is 11.6 Å². The van der Waals surface area contributed by atoms with Crippen molar-refractivity contribution in [1.82, 2.24) is 14.7 Å². The van der Waals surface area contributed by atoms with Crippen LogP contribution in [0.3, 0.4) is 0 Å². The summed E-state index contributed by atoms with van der Waals surface area (Å²) < 4.78 is 21.5. The van der Waals surface area contributed by atoms with Crippen molar-refractivity contribution in [3.05, 3.63) is 71.0 Å². The number of rotatable bonds is 4. The van der Waals surface area contributed by atoms with E-state index in [0.717, 1.165) is 5.69 Å². The van der Waals surface area contributed by atoms with Crippen molar-refractivity contribution >= 4 is 40.3 Å². The zero-order valence-corrected chi connectivity index (χ0v) is 17.3. The number of methoxy groups -OCH3 is 1. The van der Waals surface area contributed by atoms with Gasteiger partial charge in [-0.05, 0) is 36.4 Å². The molecule has 8 heteroatoms. The van der Waals surface area contributed by atoms with Crippen molar-refractivity contribution in [2.45, 2.75) is 0 Å². The van der Waals surface area contributed by atoms with E-state index < -0.39 is 5.82 Å². The summed E-state index contributed by atoms with van der Waals surface area (Å²) in [4.78, 5) is 14.4. The second-order valence-corrected chi connectivity index (χ2v) is 7.98. The van der Waals surface area contributed by atoms with Gasteiger partial charge < -0.3 is 4.74 Å². The molecule has 1 aromatic heterocycles. The van der Waals surface area contributed by atoms with Crippen LogP contribution in [0.5, 0.6) is 5.75 Å². The normalized spacial score (nSPS) is 15.4. The van der Waals surface area contributed by atoms with E-state index in [4.69, 9.17) is 17.0 Å². The van der Waals surface area contributed by atoms with Crippen molar-refractivity contribution in [3.8, 4) is 22.7 Å². The monoisotopic (exact) mass is 425 g/mol. The first-order valence-corrected chi connectivity index (χ1v) is 9.91. The molecule has 0 N–H and O–H groups in total. The third-order valence-electron chi connectivity index (χ3n) is 4.46. The summed E-state index contributed by atoms with van der Waals surface area (Å²) in [5.41, 5.74) is 2.67. The predicted molar refractivity (Wildman–Crippen MR) is 116 cm³/mol. The molecule has 0 saturated carbocycles. The highest BCUT2D eigenvalue weighted by Gasteiger charge is 2.29. The molecule has 1 saturated heterocycles. The van der Waals surface area contributed by atoms with Crippen molar-refractivity contribution in [2.24, 2.45) is 0 Å². The number of carbonyl (C=O) groups excluding carboxylic acids is 1. The van der Waals surface area contributed by atoms with Crippen LogP contribution in [0.15, 0.2) is 59.6 Å². The number of thiocarbonyl (C=S) groups is 1. The summed E-state index contributed by atoms with van der Waals surface area (Å²) in [6, 6.07) is 14.2. The minimum atomic E-state index is -0.481. The fraction of sp³-hybridized carbons (Fsp3) is 0.0952. The maximum Gasteiger partial charge on any atom is 0.265 e. The number of hydrogen-bond acceptors (Lipinski definition) is 5. The molecule has 2 aromatic carbocycles. The first kappa shape index (κ1) is 19.4. The number of thioether (sulfide) groups is 1. The van der Waals surface area contributed by atoms with E-state index in [1.165, 1.54) is 29.8 Å². The third-order valence-corrected chi connectivity index (χ3v) is 5.95. The van der Waals surface area contributed by atoms with Gasteiger partial charge in [-0.1, -0.05) is 42.2 Å². The summed E-state index contributed by atoms with van der Waals surface area (Å²) >= 11 is 6.44. The van der Waals surface area contributed by atoms with Gasteiger partial charge in [0.25, 0.3) is 5.91 Å². The Morgan fingerprint density at radius 1 is 1.21 bits per heavy atom. The smallest absolute Gasteiger partial charge is 0.265 e. The van der Waals surface area contributed by atoms with Crippen molar-refractivity contribution in [1.29, 1.82) is 0 Å². The van der Waals surface area contributed by atoms with E-state index in [1.54, 1.807) is 29.9 Å². The van der Waals surface area contributed by atoms with Gasteiger partial charge in [-0.15, -0.1) is 0 Å². The Morgan fingerprint density at radius 2 is 1.97 bits per heavy atom. The van der Waals surface area contributed by atoms with Crippen LogP contribution in [-0.2, 0) is 4.79 Å². The van der Waals surface area contributed by atoms with Crippen LogP contribution in [-0.4, -0.2) is 39.1 Å². The number of ether oxygens (including phenoxy) is 1. The Balaban J connectivity index is 1.85. The zero-order valence-electron chi connectivity index (χ0n) is 15.6. The van der Waals surface area contributed by atoms with Crippen molar-refractivity contribution in [3.63, 3.8) is 0 Å². The molecule has 4 rings (SSSR count). The van der Waals surface area contributed by atoms with Gasteiger partial charge in [0.05, 0.1) is 17.7 Å². The van der Waals surface area contributed by atoms with E-state index in [0.29, 0.717) is 26.0 Å². The number of carbonyl (C=O) groups is 1. The van der Waals surface area contributed by atoms with Gasteiger partial charge >= 0.3 is 0 Å². The summed E-state index contributed by atoms with van der Waals surface area (Å²) in [7, 11) is 3.06. The molecular weight excluding hydrogens is 409 g/mol. The first-order chi connectivity index (χ1) is 14.0. The highest BCUT2D eigenvalue weighted by atomic mass is 32.2. The quantitative estimate of drug-likeness (QED) is 0.454. The number of benzene rings is 2. The third kappa shape index (κ3) is 3.68. The largest absolute Gasteiger partial charge is 0.494 e. The Labute approximate surface area is 176 Å². The van der Waals surface area contributed by atoms with E-state index in [-0.39, 0.29) is 11.7 Å². The Hall–Kier alpha value is -2.97. The lowest BCUT2D eigenvalue weighted by atomic mass is 10.1. The standard InChI is InChI=1S/C21H16FN3O2S2/c1-24-20(26)18(29-21(24)28)11-14-12-25(15-6-4-3-5-7-15)23-19(14)13-8-9-17(27-2)16(22)10-13/h3-12H,1-2H3/b18-11-. The molecule has 1 aliphatic rings. The van der Waals surface area contributed by atoms with Crippen LogP contribution in [0.4, 0.5) is 4.39 Å². The molecule has 29 heavy (non-hydrogen) atoms. The Kier molecular flexibility index (Phi) is 5.21. The topological polar surface area (TPSA) is 47.4 Å². The molecule has 0 spiro atoms. The van der Waals surface area contributed by atoms with Crippen molar-refractivity contribution < 1.29 is 13.9 Å². The van der Waals surface area contributed by atoms with Crippen LogP contribution < -0.4 is 4.74 Å². The second kappa shape index (κ2) is 7.81. The minimum Gasteiger partial charge on any atom is -0.494 e. The molecule has 0 unspecified atom stereocenters. The number of hydrogen-bond donors (Lipinski definition) is 0. The lowest BCUT2D eigenvalue weighted by Crippen LogP contribution is -2.22. The zero-order chi connectivity index (χ0) is 20.5. The predicted octanol–water partition coefficient (Wildman–Crippen LogP) is 4.52. The Bertz CT molecular complexity index is 1140. The maximum atomic E-state index is 14.3. The van der Waals surface area contributed by atoms with Gasteiger partial charge in [-0.3, -0.25) is 9.69 Å². The SMILES string of the molecule is COc1ccc(-c2nn(-c3ccccc3)cc2/C=C2\SC(=S)N(C)C2=O)cc1F. The number of likely N-dealkylation sites (N-methyl/N-ethyl adjacent to an activating group) is 1. The molecule has 1 amide bonds. The van der Waals surface area contributed by atoms with Gasteiger partial charge in [0.2, 0.25) is 0 Å². The van der Waals surface area contributed by atoms with Crippen LogP contribution >= 0.6 is 24.0 Å². The average Bonchev–Trinajstić information content (AvgIpc) is 3.26. The molecule has 1 aliphatic heterocycles. The minimum absolute atomic E-state index is 0.157. The van der Waals surface area contributed by atoms with Gasteiger partial charge in [-0.2, -0.15) is 5.10 Å². The summed E-state index contributed by atoms with van der Waals surface area (Å²) in [5, 5.41) is 4.65. The number of amides is 1. The van der Waals surface area contributed by atoms with Gasteiger partial charge in [0.1, 0.15) is 10.0 Å². The molecule has 5 nitrogen and oxygen atoms in total. The maximum absolute atomic E-state index is 14.3. The highest BCUT2D eigenvalue weighted by molar-refractivity contribution is 8.26. The first-order valence-electron chi connectivity index (χ1n) is 8.68. The number of halogens is 1. The molecule has 0 bridgehead atoms. The van der Waals surface area contributed by atoms with E-state index in [2.05, 4.69) is 5.10 Å². The molecule has 3 aromatic rings. The van der Waals surface area contributed by atoms with E-state index in [9.17, 15) is 9.18 Å². The lowest BCUT2D eigenvalue weighted by Gasteiger charge is -2.05. The van der Waals surface area contributed by atoms with Gasteiger partial charge in [-0.25, -0.2) is 9.07 Å². The number of nitrogens with zero attached hydrogens (tertiary/aromatic N) is 3. The molecule has 0 atom stereocenters. The molecule has 0 aliphatic carbocycles. The molecule has 1 fully saturated rings. The molecule has 0 radical (unpaired) electrons. The van der Waals surface area contributed by atoms with Crippen LogP contribution in [0, 0.1) is 5.82 Å². The average molecular weight is 426 g/mol. The van der Waals surface area contributed by atoms with E-state index >= 15 is 0 Å². The van der Waals surface area contributed by atoms with Crippen LogP contribution in [0.25, 0.3) is 23.0 Å². The molecule has 146 valence electrons. The molecular formula is C21H16FN3O2S2. The number of aromatic nitrogens is 2. The fourth-order valence-electron chi connectivity index (χ4n) is 2.93. The fourth-order valence-corrected chi connectivity index (χ4v) is 4.10. The summed E-state index contributed by atoms with van der Waals surface area (Å²) in [6.45, 7) is 0. The summed E-state index contributed by atoms with van der Waals surface area (Å²) in [6.07, 6.45) is 3.56. The van der Waals surface area contributed by atoms with Crippen LogP contribution in [0.2, 0.25) is 0 Å². The van der Waals surface area contributed by atoms with Gasteiger partial charge in [0, 0.05) is 24.4 Å². The van der Waals surface area contributed by atoms with Crippen molar-refractivity contribution in [2.75, 3.05) is 14.2 Å². The highest BCUT2D eigenvalue weighted by Crippen LogP contribution is 2.34. The second-order valence-electron chi connectivity index (χ2n) is 6.30. The van der Waals surface area contributed by atoms with E-state index in [1.807, 2.05) is 36.5 Å². The lowest BCUT2D eigenvalue weighted by molar-refractivity contribution is -0.121.